The zero-order valence-electron chi connectivity index (χ0n) is 10.9. The molecule has 2 aromatic rings. The van der Waals surface area contributed by atoms with Crippen molar-refractivity contribution in [3.8, 4) is 11.4 Å². The Morgan fingerprint density at radius 3 is 2.63 bits per heavy atom. The van der Waals surface area contributed by atoms with Gasteiger partial charge >= 0.3 is 5.97 Å². The molecule has 0 radical (unpaired) electrons. The summed E-state index contributed by atoms with van der Waals surface area (Å²) in [5, 5.41) is 17.2. The zero-order valence-corrected chi connectivity index (χ0v) is 10.9. The van der Waals surface area contributed by atoms with Crippen molar-refractivity contribution in [1.29, 1.82) is 0 Å². The molecule has 0 bridgehead atoms. The molecular formula is C13H16N4O2. The second-order valence-electron chi connectivity index (χ2n) is 4.78. The van der Waals surface area contributed by atoms with Crippen LogP contribution in [0.25, 0.3) is 11.4 Å². The first-order valence-electron chi connectivity index (χ1n) is 6.12. The molecule has 6 nitrogen and oxygen atoms in total. The number of carboxylic acids is 1. The van der Waals surface area contributed by atoms with Crippen molar-refractivity contribution < 1.29 is 9.90 Å². The molecule has 1 N–H and O–H groups in total. The molecular weight excluding hydrogens is 244 g/mol. The van der Waals surface area contributed by atoms with Crippen molar-refractivity contribution in [3.63, 3.8) is 0 Å². The SMILES string of the molecule is CC(C)CC(C(=O)O)n1cnnc1-c1ccncc1. The van der Waals surface area contributed by atoms with E-state index >= 15 is 0 Å². The number of pyridine rings is 1. The third-order valence-electron chi connectivity index (χ3n) is 2.83. The van der Waals surface area contributed by atoms with Gasteiger partial charge in [0.05, 0.1) is 0 Å². The lowest BCUT2D eigenvalue weighted by molar-refractivity contribution is -0.141. The van der Waals surface area contributed by atoms with Gasteiger partial charge in [-0.1, -0.05) is 13.8 Å². The first-order valence-corrected chi connectivity index (χ1v) is 6.12. The van der Waals surface area contributed by atoms with Gasteiger partial charge < -0.3 is 5.11 Å². The Balaban J connectivity index is 2.40. The fraction of sp³-hybridized carbons (Fsp3) is 0.385. The molecule has 2 rings (SSSR count). The summed E-state index contributed by atoms with van der Waals surface area (Å²) in [6.45, 7) is 3.98. The summed E-state index contributed by atoms with van der Waals surface area (Å²) in [6.07, 6.45) is 5.29. The van der Waals surface area contributed by atoms with E-state index in [0.29, 0.717) is 12.2 Å². The lowest BCUT2D eigenvalue weighted by Crippen LogP contribution is -2.21. The minimum absolute atomic E-state index is 0.272. The number of hydrogen-bond donors (Lipinski definition) is 1. The van der Waals surface area contributed by atoms with Crippen LogP contribution < -0.4 is 0 Å². The van der Waals surface area contributed by atoms with Gasteiger partial charge in [-0.15, -0.1) is 10.2 Å². The van der Waals surface area contributed by atoms with E-state index in [1.807, 2.05) is 13.8 Å². The first kappa shape index (κ1) is 13.2. The molecule has 0 saturated heterocycles. The summed E-state index contributed by atoms with van der Waals surface area (Å²) in [5.74, 6) is -0.0481. The van der Waals surface area contributed by atoms with Crippen molar-refractivity contribution in [3.05, 3.63) is 30.9 Å². The summed E-state index contributed by atoms with van der Waals surface area (Å²) in [4.78, 5) is 15.4. The number of carbonyl (C=O) groups is 1. The van der Waals surface area contributed by atoms with E-state index in [0.717, 1.165) is 5.56 Å². The largest absolute Gasteiger partial charge is 0.480 e. The Hall–Kier alpha value is -2.24. The predicted molar refractivity (Wildman–Crippen MR) is 69.4 cm³/mol. The van der Waals surface area contributed by atoms with Crippen LogP contribution in [-0.4, -0.2) is 30.8 Å². The van der Waals surface area contributed by atoms with Crippen LogP contribution in [-0.2, 0) is 4.79 Å². The maximum absolute atomic E-state index is 11.4. The third kappa shape index (κ3) is 2.96. The molecule has 0 spiro atoms. The van der Waals surface area contributed by atoms with Gasteiger partial charge in [0.1, 0.15) is 12.4 Å². The maximum atomic E-state index is 11.4. The van der Waals surface area contributed by atoms with Crippen molar-refractivity contribution in [2.45, 2.75) is 26.3 Å². The molecule has 0 aliphatic carbocycles. The van der Waals surface area contributed by atoms with Gasteiger partial charge in [-0.05, 0) is 24.5 Å². The van der Waals surface area contributed by atoms with Crippen molar-refractivity contribution in [1.82, 2.24) is 19.7 Å². The summed E-state index contributed by atoms with van der Waals surface area (Å²) >= 11 is 0. The number of carboxylic acid groups (broad SMARTS) is 1. The standard InChI is InChI=1S/C13H16N4O2/c1-9(2)7-11(13(18)19)17-8-15-16-12(17)10-3-5-14-6-4-10/h3-6,8-9,11H,7H2,1-2H3,(H,18,19). The minimum atomic E-state index is -0.871. The number of nitrogens with zero attached hydrogens (tertiary/aromatic N) is 4. The van der Waals surface area contributed by atoms with Crippen LogP contribution in [0.3, 0.4) is 0 Å². The van der Waals surface area contributed by atoms with Gasteiger partial charge in [0.2, 0.25) is 0 Å². The molecule has 0 aliphatic rings. The molecule has 0 aromatic carbocycles. The van der Waals surface area contributed by atoms with E-state index in [4.69, 9.17) is 0 Å². The Morgan fingerprint density at radius 2 is 2.05 bits per heavy atom. The Labute approximate surface area is 111 Å². The highest BCUT2D eigenvalue weighted by atomic mass is 16.4. The highest BCUT2D eigenvalue weighted by Gasteiger charge is 2.24. The first-order chi connectivity index (χ1) is 9.09. The van der Waals surface area contributed by atoms with E-state index in [9.17, 15) is 9.90 Å². The van der Waals surface area contributed by atoms with Gasteiger partial charge in [-0.3, -0.25) is 9.55 Å². The van der Waals surface area contributed by atoms with Crippen molar-refractivity contribution in [2.24, 2.45) is 5.92 Å². The fourth-order valence-corrected chi connectivity index (χ4v) is 1.96. The topological polar surface area (TPSA) is 80.9 Å². The number of aromatic nitrogens is 4. The monoisotopic (exact) mass is 260 g/mol. The smallest absolute Gasteiger partial charge is 0.326 e. The summed E-state index contributed by atoms with van der Waals surface area (Å²) in [6, 6.07) is 2.92. The average molecular weight is 260 g/mol. The molecule has 0 saturated carbocycles. The van der Waals surface area contributed by atoms with Crippen LogP contribution in [0.15, 0.2) is 30.9 Å². The molecule has 6 heteroatoms. The highest BCUT2D eigenvalue weighted by Crippen LogP contribution is 2.24. The van der Waals surface area contributed by atoms with Crippen LogP contribution >= 0.6 is 0 Å². The number of rotatable bonds is 5. The van der Waals surface area contributed by atoms with E-state index in [2.05, 4.69) is 15.2 Å². The van der Waals surface area contributed by atoms with Crippen molar-refractivity contribution >= 4 is 5.97 Å². The molecule has 0 amide bonds. The predicted octanol–water partition coefficient (Wildman–Crippen LogP) is 2.01. The molecule has 2 aromatic heterocycles. The van der Waals surface area contributed by atoms with E-state index < -0.39 is 12.0 Å². The van der Waals surface area contributed by atoms with Crippen LogP contribution in [0, 0.1) is 5.92 Å². The zero-order chi connectivity index (χ0) is 13.8. The van der Waals surface area contributed by atoms with Gasteiger partial charge in [-0.2, -0.15) is 0 Å². The molecule has 0 fully saturated rings. The van der Waals surface area contributed by atoms with E-state index in [-0.39, 0.29) is 5.92 Å². The van der Waals surface area contributed by atoms with Crippen molar-refractivity contribution in [2.75, 3.05) is 0 Å². The lowest BCUT2D eigenvalue weighted by Gasteiger charge is -2.17. The Bertz CT molecular complexity index is 551. The van der Waals surface area contributed by atoms with E-state index in [1.165, 1.54) is 6.33 Å². The molecule has 1 unspecified atom stereocenters. The molecule has 2 heterocycles. The molecule has 1 atom stereocenters. The molecule has 100 valence electrons. The normalized spacial score (nSPS) is 12.6. The quantitative estimate of drug-likeness (QED) is 0.889. The van der Waals surface area contributed by atoms with Crippen LogP contribution in [0.5, 0.6) is 0 Å². The third-order valence-corrected chi connectivity index (χ3v) is 2.83. The fourth-order valence-electron chi connectivity index (χ4n) is 1.96. The van der Waals surface area contributed by atoms with Gasteiger partial charge in [0, 0.05) is 18.0 Å². The van der Waals surface area contributed by atoms with Gasteiger partial charge in [0.25, 0.3) is 0 Å². The van der Waals surface area contributed by atoms with Gasteiger partial charge in [-0.25, -0.2) is 4.79 Å². The summed E-state index contributed by atoms with van der Waals surface area (Å²) in [5.41, 5.74) is 0.808. The number of hydrogen-bond acceptors (Lipinski definition) is 4. The number of aliphatic carboxylic acids is 1. The second-order valence-corrected chi connectivity index (χ2v) is 4.78. The maximum Gasteiger partial charge on any atom is 0.326 e. The van der Waals surface area contributed by atoms with Crippen LogP contribution in [0.1, 0.15) is 26.3 Å². The second kappa shape index (κ2) is 5.60. The van der Waals surface area contributed by atoms with Gasteiger partial charge in [0.15, 0.2) is 5.82 Å². The molecule has 0 aliphatic heterocycles. The average Bonchev–Trinajstić information content (AvgIpc) is 2.85. The highest BCUT2D eigenvalue weighted by molar-refractivity contribution is 5.73. The molecule has 19 heavy (non-hydrogen) atoms. The minimum Gasteiger partial charge on any atom is -0.480 e. The Kier molecular flexibility index (Phi) is 3.89. The Morgan fingerprint density at radius 1 is 1.37 bits per heavy atom. The summed E-state index contributed by atoms with van der Waals surface area (Å²) in [7, 11) is 0. The lowest BCUT2D eigenvalue weighted by atomic mass is 10.0. The van der Waals surface area contributed by atoms with Crippen LogP contribution in [0.2, 0.25) is 0 Å². The van der Waals surface area contributed by atoms with E-state index in [1.54, 1.807) is 29.1 Å². The van der Waals surface area contributed by atoms with Crippen LogP contribution in [0.4, 0.5) is 0 Å². The summed E-state index contributed by atoms with van der Waals surface area (Å²) < 4.78 is 1.61.